The standard InChI is InChI=1S/C7H6IN3/c8-7-10-5-2-1-4(9)3-6(5)11-7/h1-3H,9H2,(H,10,11). The van der Waals surface area contributed by atoms with E-state index in [9.17, 15) is 0 Å². The number of benzene rings is 1. The normalized spacial score (nSPS) is 10.6. The number of hydrogen-bond acceptors (Lipinski definition) is 2. The number of nitrogens with two attached hydrogens (primary N) is 1. The average molecular weight is 259 g/mol. The number of halogens is 1. The molecule has 1 heterocycles. The summed E-state index contributed by atoms with van der Waals surface area (Å²) >= 11 is 2.14. The maximum atomic E-state index is 5.58. The van der Waals surface area contributed by atoms with Crippen LogP contribution in [0.4, 0.5) is 5.69 Å². The van der Waals surface area contributed by atoms with Gasteiger partial charge in [-0.15, -0.1) is 0 Å². The van der Waals surface area contributed by atoms with E-state index in [1.807, 2.05) is 18.2 Å². The van der Waals surface area contributed by atoms with Crippen LogP contribution >= 0.6 is 22.6 Å². The van der Waals surface area contributed by atoms with Gasteiger partial charge >= 0.3 is 0 Å². The Morgan fingerprint density at radius 1 is 1.45 bits per heavy atom. The number of fused-ring (bicyclic) bond motifs is 1. The Labute approximate surface area is 77.1 Å². The minimum Gasteiger partial charge on any atom is -0.399 e. The van der Waals surface area contributed by atoms with E-state index in [2.05, 4.69) is 32.6 Å². The summed E-state index contributed by atoms with van der Waals surface area (Å²) < 4.78 is 0.892. The first kappa shape index (κ1) is 6.90. The summed E-state index contributed by atoms with van der Waals surface area (Å²) in [4.78, 5) is 7.32. The quantitative estimate of drug-likeness (QED) is 0.559. The summed E-state index contributed by atoms with van der Waals surface area (Å²) in [7, 11) is 0. The van der Waals surface area contributed by atoms with Gasteiger partial charge in [0, 0.05) is 5.69 Å². The first-order chi connectivity index (χ1) is 5.25. The molecule has 56 valence electrons. The lowest BCUT2D eigenvalue weighted by Crippen LogP contribution is -1.82. The summed E-state index contributed by atoms with van der Waals surface area (Å²) in [6, 6.07) is 5.63. The zero-order valence-electron chi connectivity index (χ0n) is 5.63. The molecule has 0 saturated heterocycles. The molecule has 0 fully saturated rings. The molecular formula is C7H6IN3. The highest BCUT2D eigenvalue weighted by molar-refractivity contribution is 14.1. The molecule has 2 aromatic rings. The summed E-state index contributed by atoms with van der Waals surface area (Å²) in [5.74, 6) is 0. The molecular weight excluding hydrogens is 253 g/mol. The Hall–Kier alpha value is -0.780. The van der Waals surface area contributed by atoms with Gasteiger partial charge in [-0.2, -0.15) is 0 Å². The molecule has 0 spiro atoms. The lowest BCUT2D eigenvalue weighted by atomic mass is 10.3. The number of anilines is 1. The van der Waals surface area contributed by atoms with Gasteiger partial charge in [-0.1, -0.05) is 0 Å². The van der Waals surface area contributed by atoms with Crippen LogP contribution in [0.3, 0.4) is 0 Å². The fourth-order valence-electron chi connectivity index (χ4n) is 0.996. The lowest BCUT2D eigenvalue weighted by Gasteiger charge is -1.89. The van der Waals surface area contributed by atoms with Gasteiger partial charge in [-0.3, -0.25) is 0 Å². The molecule has 1 aromatic heterocycles. The Balaban J connectivity index is 2.82. The van der Waals surface area contributed by atoms with Crippen LogP contribution in [0.2, 0.25) is 0 Å². The molecule has 0 radical (unpaired) electrons. The second kappa shape index (κ2) is 2.37. The minimum absolute atomic E-state index is 0.762. The van der Waals surface area contributed by atoms with Gasteiger partial charge in [0.25, 0.3) is 0 Å². The van der Waals surface area contributed by atoms with Crippen molar-refractivity contribution in [3.8, 4) is 0 Å². The topological polar surface area (TPSA) is 54.7 Å². The summed E-state index contributed by atoms with van der Waals surface area (Å²) in [6.45, 7) is 0. The van der Waals surface area contributed by atoms with E-state index >= 15 is 0 Å². The molecule has 2 rings (SSSR count). The molecule has 0 bridgehead atoms. The lowest BCUT2D eigenvalue weighted by molar-refractivity contribution is 1.26. The molecule has 0 aliphatic rings. The van der Waals surface area contributed by atoms with Crippen molar-refractivity contribution in [2.24, 2.45) is 0 Å². The fraction of sp³-hybridized carbons (Fsp3) is 0. The van der Waals surface area contributed by atoms with Crippen molar-refractivity contribution < 1.29 is 0 Å². The van der Waals surface area contributed by atoms with E-state index in [1.54, 1.807) is 0 Å². The Kier molecular flexibility index (Phi) is 1.49. The van der Waals surface area contributed by atoms with E-state index in [4.69, 9.17) is 5.73 Å². The largest absolute Gasteiger partial charge is 0.399 e. The van der Waals surface area contributed by atoms with Crippen LogP contribution in [-0.4, -0.2) is 9.97 Å². The molecule has 0 unspecified atom stereocenters. The molecule has 3 nitrogen and oxygen atoms in total. The van der Waals surface area contributed by atoms with Crippen LogP contribution in [0.15, 0.2) is 18.2 Å². The molecule has 0 saturated carbocycles. The Bertz CT molecular complexity index is 393. The number of nitrogens with zero attached hydrogens (tertiary/aromatic N) is 1. The number of aromatic amines is 1. The number of nitrogen functional groups attached to an aromatic ring is 1. The smallest absolute Gasteiger partial charge is 0.169 e. The van der Waals surface area contributed by atoms with E-state index < -0.39 is 0 Å². The highest BCUT2D eigenvalue weighted by Crippen LogP contribution is 2.15. The van der Waals surface area contributed by atoms with Gasteiger partial charge in [0.05, 0.1) is 11.0 Å². The van der Waals surface area contributed by atoms with Gasteiger partial charge < -0.3 is 10.7 Å². The Morgan fingerprint density at radius 3 is 3.09 bits per heavy atom. The van der Waals surface area contributed by atoms with Gasteiger partial charge in [0.15, 0.2) is 3.83 Å². The summed E-state index contributed by atoms with van der Waals surface area (Å²) in [5.41, 5.74) is 8.30. The van der Waals surface area contributed by atoms with E-state index in [0.29, 0.717) is 0 Å². The van der Waals surface area contributed by atoms with Crippen molar-refractivity contribution in [2.45, 2.75) is 0 Å². The Morgan fingerprint density at radius 2 is 2.27 bits per heavy atom. The van der Waals surface area contributed by atoms with Crippen molar-refractivity contribution in [3.05, 3.63) is 22.0 Å². The predicted molar refractivity (Wildman–Crippen MR) is 53.2 cm³/mol. The van der Waals surface area contributed by atoms with Crippen molar-refractivity contribution in [1.29, 1.82) is 0 Å². The zero-order chi connectivity index (χ0) is 7.84. The molecule has 0 aliphatic heterocycles. The first-order valence-electron chi connectivity index (χ1n) is 3.16. The van der Waals surface area contributed by atoms with Crippen LogP contribution in [-0.2, 0) is 0 Å². The molecule has 1 aromatic carbocycles. The third-order valence-corrected chi connectivity index (χ3v) is 1.99. The second-order valence-corrected chi connectivity index (χ2v) is 3.33. The predicted octanol–water partition coefficient (Wildman–Crippen LogP) is 1.75. The van der Waals surface area contributed by atoms with Crippen LogP contribution in [0.1, 0.15) is 0 Å². The van der Waals surface area contributed by atoms with Crippen molar-refractivity contribution in [1.82, 2.24) is 9.97 Å². The molecule has 11 heavy (non-hydrogen) atoms. The third-order valence-electron chi connectivity index (χ3n) is 1.48. The zero-order valence-corrected chi connectivity index (χ0v) is 7.79. The highest BCUT2D eigenvalue weighted by atomic mass is 127. The molecule has 3 N–H and O–H groups in total. The van der Waals surface area contributed by atoms with Crippen LogP contribution in [0, 0.1) is 3.83 Å². The van der Waals surface area contributed by atoms with Crippen LogP contribution < -0.4 is 5.73 Å². The average Bonchev–Trinajstić information content (AvgIpc) is 2.27. The molecule has 0 amide bonds. The third kappa shape index (κ3) is 1.18. The van der Waals surface area contributed by atoms with Gasteiger partial charge in [-0.25, -0.2) is 4.98 Å². The van der Waals surface area contributed by atoms with Gasteiger partial charge in [0.1, 0.15) is 0 Å². The SMILES string of the molecule is Nc1ccc2nc(I)[nH]c2c1. The number of H-pyrrole nitrogens is 1. The second-order valence-electron chi connectivity index (χ2n) is 2.30. The minimum atomic E-state index is 0.762. The van der Waals surface area contributed by atoms with Crippen LogP contribution in [0.5, 0.6) is 0 Å². The number of hydrogen-bond donors (Lipinski definition) is 2. The number of nitrogens with one attached hydrogen (secondary N) is 1. The summed E-state index contributed by atoms with van der Waals surface area (Å²) in [6.07, 6.45) is 0. The van der Waals surface area contributed by atoms with Gasteiger partial charge in [-0.05, 0) is 40.8 Å². The van der Waals surface area contributed by atoms with Gasteiger partial charge in [0.2, 0.25) is 0 Å². The first-order valence-corrected chi connectivity index (χ1v) is 4.24. The molecule has 4 heteroatoms. The number of imidazole rings is 1. The fourth-order valence-corrected chi connectivity index (χ4v) is 1.55. The van der Waals surface area contributed by atoms with Crippen molar-refractivity contribution in [2.75, 3.05) is 5.73 Å². The van der Waals surface area contributed by atoms with E-state index in [1.165, 1.54) is 0 Å². The van der Waals surface area contributed by atoms with Crippen LogP contribution in [0.25, 0.3) is 11.0 Å². The number of rotatable bonds is 0. The van der Waals surface area contributed by atoms with Crippen molar-refractivity contribution in [3.63, 3.8) is 0 Å². The van der Waals surface area contributed by atoms with E-state index in [0.717, 1.165) is 20.6 Å². The number of aromatic nitrogens is 2. The summed E-state index contributed by atoms with van der Waals surface area (Å²) in [5, 5.41) is 0. The maximum absolute atomic E-state index is 5.58. The molecule has 0 aliphatic carbocycles. The monoisotopic (exact) mass is 259 g/mol. The van der Waals surface area contributed by atoms with E-state index in [-0.39, 0.29) is 0 Å². The molecule has 0 atom stereocenters. The van der Waals surface area contributed by atoms with Crippen molar-refractivity contribution >= 4 is 39.3 Å². The maximum Gasteiger partial charge on any atom is 0.169 e. The highest BCUT2D eigenvalue weighted by Gasteiger charge is 1.98.